The van der Waals surface area contributed by atoms with Crippen LogP contribution in [0.2, 0.25) is 0 Å². The molecule has 0 saturated carbocycles. The molecule has 1 heterocycles. The fourth-order valence-electron chi connectivity index (χ4n) is 4.19. The van der Waals surface area contributed by atoms with Gasteiger partial charge in [-0.3, -0.25) is 0 Å². The van der Waals surface area contributed by atoms with Crippen LogP contribution < -0.4 is 4.74 Å². The third-order valence-electron chi connectivity index (χ3n) is 6.09. The van der Waals surface area contributed by atoms with Gasteiger partial charge in [0.15, 0.2) is 23.7 Å². The Balaban J connectivity index is 1.59. The van der Waals surface area contributed by atoms with Crippen molar-refractivity contribution in [1.82, 2.24) is 0 Å². The second kappa shape index (κ2) is 11.5. The normalized spacial score (nSPS) is 17.9. The van der Waals surface area contributed by atoms with Gasteiger partial charge >= 0.3 is 6.11 Å². The molecule has 0 N–H and O–H groups in total. The number of benzene rings is 3. The van der Waals surface area contributed by atoms with Crippen molar-refractivity contribution >= 4 is 0 Å². The molecule has 3 aromatic rings. The number of rotatable bonds is 8. The van der Waals surface area contributed by atoms with Crippen molar-refractivity contribution < 1.29 is 53.7 Å². The average molecular weight is 564 g/mol. The lowest BCUT2D eigenvalue weighted by Crippen LogP contribution is -2.27. The molecule has 0 atom stereocenters. The van der Waals surface area contributed by atoms with E-state index in [1.807, 2.05) is 6.92 Å². The molecule has 39 heavy (non-hydrogen) atoms. The molecule has 1 saturated heterocycles. The number of hydrogen-bond donors (Lipinski definition) is 0. The van der Waals surface area contributed by atoms with Crippen LogP contribution >= 0.6 is 0 Å². The highest BCUT2D eigenvalue weighted by atomic mass is 19.3. The van der Waals surface area contributed by atoms with Crippen molar-refractivity contribution in [3.63, 3.8) is 0 Å². The quantitative estimate of drug-likeness (QED) is 0.204. The van der Waals surface area contributed by atoms with E-state index in [-0.39, 0.29) is 35.7 Å². The first-order valence-electron chi connectivity index (χ1n) is 11.8. The highest BCUT2D eigenvalue weighted by Gasteiger charge is 2.42. The molecule has 210 valence electrons. The van der Waals surface area contributed by atoms with Crippen LogP contribution in [0.3, 0.4) is 0 Å². The second-order valence-corrected chi connectivity index (χ2v) is 9.00. The Morgan fingerprint density at radius 2 is 1.31 bits per heavy atom. The standard InChI is InChI=1S/C27H21F9O3/c1-2-3-4-13-11-37-26(38-12-13)15-7-17(28)23(18(29)8-15)14-5-19(30)24(20(31)6-14)27(35,36)39-16-9-21(32)25(34)22(33)10-16/h5-10,13,26H,2-4,11-12H2,1H3. The lowest BCUT2D eigenvalue weighted by Gasteiger charge is -2.29. The molecule has 12 heteroatoms. The SMILES string of the molecule is CCCCC1COC(c2cc(F)c(-c3cc(F)c(C(F)(F)Oc4cc(F)c(F)c(F)c4)c(F)c3)c(F)c2)OC1. The Labute approximate surface area is 217 Å². The van der Waals surface area contributed by atoms with E-state index < -0.39 is 75.6 Å². The van der Waals surface area contributed by atoms with E-state index in [4.69, 9.17) is 9.47 Å². The van der Waals surface area contributed by atoms with Gasteiger partial charge in [-0.1, -0.05) is 19.8 Å². The van der Waals surface area contributed by atoms with Gasteiger partial charge in [-0.25, -0.2) is 30.7 Å². The van der Waals surface area contributed by atoms with Crippen LogP contribution in [0.5, 0.6) is 5.75 Å². The minimum Gasteiger partial charge on any atom is -0.429 e. The van der Waals surface area contributed by atoms with Crippen LogP contribution in [-0.2, 0) is 15.6 Å². The molecular formula is C27H21F9O3. The Kier molecular flexibility index (Phi) is 8.45. The summed E-state index contributed by atoms with van der Waals surface area (Å²) >= 11 is 0. The summed E-state index contributed by atoms with van der Waals surface area (Å²) in [4.78, 5) is 0. The van der Waals surface area contributed by atoms with Crippen molar-refractivity contribution in [1.29, 1.82) is 0 Å². The van der Waals surface area contributed by atoms with Gasteiger partial charge in [0, 0.05) is 23.6 Å². The topological polar surface area (TPSA) is 27.7 Å². The van der Waals surface area contributed by atoms with Crippen molar-refractivity contribution in [3.05, 3.63) is 88.2 Å². The Hall–Kier alpha value is -3.25. The maximum absolute atomic E-state index is 14.9. The molecule has 0 spiro atoms. The first-order chi connectivity index (χ1) is 18.4. The van der Waals surface area contributed by atoms with Crippen LogP contribution in [0, 0.1) is 46.6 Å². The highest BCUT2D eigenvalue weighted by molar-refractivity contribution is 5.66. The maximum Gasteiger partial charge on any atom is 0.432 e. The summed E-state index contributed by atoms with van der Waals surface area (Å²) in [6.45, 7) is 2.64. The fourth-order valence-corrected chi connectivity index (χ4v) is 4.19. The Morgan fingerprint density at radius 1 is 0.769 bits per heavy atom. The van der Waals surface area contributed by atoms with Crippen molar-refractivity contribution in [2.75, 3.05) is 13.2 Å². The van der Waals surface area contributed by atoms with E-state index in [0.29, 0.717) is 13.2 Å². The van der Waals surface area contributed by atoms with E-state index in [9.17, 15) is 39.5 Å². The number of halogens is 9. The highest BCUT2D eigenvalue weighted by Crippen LogP contribution is 2.39. The first kappa shape index (κ1) is 28.8. The number of ether oxygens (including phenoxy) is 3. The molecule has 0 unspecified atom stereocenters. The fraction of sp³-hybridized carbons (Fsp3) is 0.333. The summed E-state index contributed by atoms with van der Waals surface area (Å²) in [5, 5.41) is 0. The van der Waals surface area contributed by atoms with Gasteiger partial charge in [0.25, 0.3) is 0 Å². The molecule has 0 aliphatic carbocycles. The van der Waals surface area contributed by atoms with E-state index in [1.165, 1.54) is 0 Å². The molecule has 3 nitrogen and oxygen atoms in total. The number of hydrogen-bond acceptors (Lipinski definition) is 3. The maximum atomic E-state index is 14.9. The smallest absolute Gasteiger partial charge is 0.429 e. The lowest BCUT2D eigenvalue weighted by atomic mass is 9.99. The third-order valence-corrected chi connectivity index (χ3v) is 6.09. The Morgan fingerprint density at radius 3 is 1.82 bits per heavy atom. The second-order valence-electron chi connectivity index (χ2n) is 9.00. The van der Waals surface area contributed by atoms with Gasteiger partial charge in [0.2, 0.25) is 0 Å². The van der Waals surface area contributed by atoms with Gasteiger partial charge in [0.1, 0.15) is 34.6 Å². The van der Waals surface area contributed by atoms with Gasteiger partial charge in [-0.2, -0.15) is 8.78 Å². The van der Waals surface area contributed by atoms with Crippen LogP contribution in [0.1, 0.15) is 43.6 Å². The molecule has 3 aromatic carbocycles. The van der Waals surface area contributed by atoms with Gasteiger partial charge in [-0.05, 0) is 36.2 Å². The largest absolute Gasteiger partial charge is 0.432 e. The molecule has 0 aromatic heterocycles. The molecule has 0 radical (unpaired) electrons. The van der Waals surface area contributed by atoms with Crippen LogP contribution in [0.15, 0.2) is 36.4 Å². The minimum atomic E-state index is -4.85. The van der Waals surface area contributed by atoms with Gasteiger partial charge in [0.05, 0.1) is 18.8 Å². The molecule has 0 amide bonds. The number of alkyl halides is 2. The molecule has 0 bridgehead atoms. The van der Waals surface area contributed by atoms with E-state index in [1.54, 1.807) is 0 Å². The van der Waals surface area contributed by atoms with E-state index in [2.05, 4.69) is 4.74 Å². The van der Waals surface area contributed by atoms with Crippen LogP contribution in [-0.4, -0.2) is 13.2 Å². The third kappa shape index (κ3) is 6.17. The lowest BCUT2D eigenvalue weighted by molar-refractivity contribution is -0.206. The van der Waals surface area contributed by atoms with Gasteiger partial charge < -0.3 is 14.2 Å². The van der Waals surface area contributed by atoms with E-state index in [0.717, 1.165) is 31.4 Å². The zero-order chi connectivity index (χ0) is 28.5. The zero-order valence-corrected chi connectivity index (χ0v) is 20.3. The first-order valence-corrected chi connectivity index (χ1v) is 11.8. The summed E-state index contributed by atoms with van der Waals surface area (Å²) in [7, 11) is 0. The molecular weight excluding hydrogens is 543 g/mol. The molecule has 1 fully saturated rings. The van der Waals surface area contributed by atoms with Crippen molar-refractivity contribution in [3.8, 4) is 16.9 Å². The Bertz CT molecular complexity index is 1290. The van der Waals surface area contributed by atoms with Crippen LogP contribution in [0.25, 0.3) is 11.1 Å². The molecule has 1 aliphatic rings. The van der Waals surface area contributed by atoms with Crippen LogP contribution in [0.4, 0.5) is 39.5 Å². The summed E-state index contributed by atoms with van der Waals surface area (Å²) in [6, 6.07) is 2.27. The molecule has 1 aliphatic heterocycles. The minimum absolute atomic E-state index is 0.0287. The van der Waals surface area contributed by atoms with E-state index >= 15 is 0 Å². The molecule has 4 rings (SSSR count). The van der Waals surface area contributed by atoms with Crippen molar-refractivity contribution in [2.24, 2.45) is 5.92 Å². The average Bonchev–Trinajstić information content (AvgIpc) is 2.85. The summed E-state index contributed by atoms with van der Waals surface area (Å²) in [5.74, 6) is -13.4. The number of unbranched alkanes of at least 4 members (excludes halogenated alkanes) is 1. The van der Waals surface area contributed by atoms with Gasteiger partial charge in [-0.15, -0.1) is 0 Å². The predicted molar refractivity (Wildman–Crippen MR) is 120 cm³/mol. The summed E-state index contributed by atoms with van der Waals surface area (Å²) < 4.78 is 143. The summed E-state index contributed by atoms with van der Waals surface area (Å²) in [6.07, 6.45) is -3.12. The summed E-state index contributed by atoms with van der Waals surface area (Å²) in [5.41, 5.74) is -3.70. The predicted octanol–water partition coefficient (Wildman–Crippen LogP) is 8.31. The monoisotopic (exact) mass is 564 g/mol. The zero-order valence-electron chi connectivity index (χ0n) is 20.3. The van der Waals surface area contributed by atoms with Crippen molar-refractivity contribution in [2.45, 2.75) is 38.6 Å².